The quantitative estimate of drug-likeness (QED) is 0.137. The summed E-state index contributed by atoms with van der Waals surface area (Å²) in [5.74, 6) is -17.1. The normalized spacial score (nSPS) is 33.1. The molecule has 4 unspecified atom stereocenters. The van der Waals surface area contributed by atoms with Crippen molar-refractivity contribution in [2.24, 2.45) is 41.4 Å². The van der Waals surface area contributed by atoms with Crippen molar-refractivity contribution in [3.05, 3.63) is 0 Å². The van der Waals surface area contributed by atoms with E-state index in [0.717, 1.165) is 24.5 Å². The van der Waals surface area contributed by atoms with E-state index in [4.69, 9.17) is 9.47 Å². The van der Waals surface area contributed by atoms with Gasteiger partial charge < -0.3 is 69.7 Å². The molecule has 0 aromatic rings. The van der Waals surface area contributed by atoms with Gasteiger partial charge >= 0.3 is 12.4 Å². The molecule has 0 aromatic heterocycles. The van der Waals surface area contributed by atoms with E-state index in [9.17, 15) is 54.6 Å². The molecule has 8 fully saturated rings. The third kappa shape index (κ3) is 22.7. The van der Waals surface area contributed by atoms with Crippen LogP contribution in [0.5, 0.6) is 0 Å². The Bertz CT molecular complexity index is 3280. The molecule has 36 heteroatoms. The predicted octanol–water partition coefficient (Wildman–Crippen LogP) is 6.38. The van der Waals surface area contributed by atoms with Gasteiger partial charge in [0.25, 0.3) is 6.43 Å². The first-order valence-corrected chi connectivity index (χ1v) is 40.5. The average Bonchev–Trinajstić information content (AvgIpc) is 1.34. The largest absolute Gasteiger partial charge is 0.397 e. The predicted molar refractivity (Wildman–Crippen MR) is 391 cm³/mol. The molecule has 4 aliphatic carbocycles. The van der Waals surface area contributed by atoms with Gasteiger partial charge in [-0.2, -0.15) is 26.3 Å². The van der Waals surface area contributed by atoms with Crippen molar-refractivity contribution in [2.45, 2.75) is 279 Å². The van der Waals surface area contributed by atoms with Gasteiger partial charge in [0.05, 0.1) is 56.8 Å². The number of carbonyl (C=O) groups is 11. The van der Waals surface area contributed by atoms with Gasteiger partial charge in [-0.05, 0) is 145 Å². The maximum absolute atomic E-state index is 15.8. The van der Waals surface area contributed by atoms with Crippen molar-refractivity contribution in [3.63, 3.8) is 0 Å². The number of amides is 11. The Labute approximate surface area is 655 Å². The molecule has 642 valence electrons. The zero-order valence-corrected chi connectivity index (χ0v) is 66.9. The van der Waals surface area contributed by atoms with E-state index >= 15 is 47.1 Å². The Kier molecular flexibility index (Phi) is 32.5. The summed E-state index contributed by atoms with van der Waals surface area (Å²) in [7, 11) is 7.97. The highest BCUT2D eigenvalue weighted by atomic mass is 19.4. The second kappa shape index (κ2) is 40.0. The van der Waals surface area contributed by atoms with E-state index in [1.807, 2.05) is 0 Å². The van der Waals surface area contributed by atoms with Gasteiger partial charge in [-0.1, -0.05) is 59.8 Å². The van der Waals surface area contributed by atoms with E-state index < -0.39 is 256 Å². The standard InChI is InChI=1S/C77H120F10N12O14/c1-11-45(4)63-72(109)92(6)42-61(102)93(7)53-20-13-12-16-30-98(71(53)108)56(39-46-21-24-49(25-22-46)76(82,83)84)69(106)91(5)41-59(100)88-52(26-23-47-37-50(78)62(51(79)38-47)77(85,86)87)68(105)99-31-27-57(113-43-58(80)81)65(99)67(104)90-75(28-17-29-75)74(111)96(10)64(48-18-14-15-19-48)73(110)95(9)55(70(107)97-32-34-112-35-33-97)40-60(101)94(8)54(36-44(2)3)66(103)89-63/h44-58,62-65,71,108H,11-43H2,1-10H3,(H,88,100)(H,89,103)(H,90,104)/t45-,46?,47?,49?,50?,51?,52-,53-,54-,55-,56-,57-,62?,63-,64-,65-,71?/m0/s1. The molecule has 4 heterocycles. The number of likely N-dealkylation sites (N-methyl/N-ethyl adjacent to an activating group) is 6. The SMILES string of the molecule is CC[C@H](C)[C@@H]1NC(=O)[C@H](CC(C)C)N(C)C(=O)C[C@@H](C(=O)N2CCOCC2)N(C)C(=O)[C@H](C2CCCC2)N(C)C(=O)C2(CCC2)NC(=O)[C@@H]2[C@@H](OCC(F)F)CCN2C(=O)[C@H](CCC2CC(F)C(C(F)(F)F)C(F)C2)NC(=O)CN(C)C(=O)[C@H](CC2CCC(C(F)(F)F)CC2)N2CCCCC[C@@H](C2O)N(C)C(=O)CN(C)C1=O. The molecular weight excluding hydrogens is 1510 g/mol. The number of aliphatic hydroxyl groups excluding tert-OH is 1. The second-order valence-electron chi connectivity index (χ2n) is 33.6. The van der Waals surface area contributed by atoms with Crippen LogP contribution in [0.15, 0.2) is 0 Å². The fourth-order valence-electron chi connectivity index (χ4n) is 18.2. The Morgan fingerprint density at radius 3 is 1.82 bits per heavy atom. The first-order chi connectivity index (χ1) is 53.1. The first-order valence-electron chi connectivity index (χ1n) is 40.5. The first kappa shape index (κ1) is 91.8. The van der Waals surface area contributed by atoms with Crippen molar-refractivity contribution in [1.82, 2.24) is 60.0 Å². The molecule has 11 amide bonds. The van der Waals surface area contributed by atoms with E-state index in [1.54, 1.807) is 27.7 Å². The van der Waals surface area contributed by atoms with Crippen LogP contribution in [0.1, 0.15) is 182 Å². The molecule has 14 atom stereocenters. The van der Waals surface area contributed by atoms with Crippen LogP contribution >= 0.6 is 0 Å². The van der Waals surface area contributed by atoms with Gasteiger partial charge in [0, 0.05) is 68.5 Å². The van der Waals surface area contributed by atoms with Crippen molar-refractivity contribution < 1.29 is 111 Å². The lowest BCUT2D eigenvalue weighted by Crippen LogP contribution is -2.69. The van der Waals surface area contributed by atoms with E-state index in [2.05, 4.69) is 16.0 Å². The molecule has 4 saturated heterocycles. The zero-order chi connectivity index (χ0) is 83.5. The number of alkyl halides is 10. The minimum Gasteiger partial charge on any atom is -0.378 e. The summed E-state index contributed by atoms with van der Waals surface area (Å²) in [6.45, 7) is 4.20. The summed E-state index contributed by atoms with van der Waals surface area (Å²) in [5.41, 5.74) is -1.87. The second-order valence-corrected chi connectivity index (χ2v) is 33.6. The van der Waals surface area contributed by atoms with Crippen LogP contribution in [0.25, 0.3) is 0 Å². The average molecular weight is 1630 g/mol. The molecule has 8 aliphatic rings. The van der Waals surface area contributed by atoms with Gasteiger partial charge in [0.15, 0.2) is 0 Å². The van der Waals surface area contributed by atoms with Crippen LogP contribution in [0.3, 0.4) is 0 Å². The monoisotopic (exact) mass is 1630 g/mol. The highest BCUT2D eigenvalue weighted by molar-refractivity contribution is 6.01. The van der Waals surface area contributed by atoms with Crippen molar-refractivity contribution in [3.8, 4) is 0 Å². The van der Waals surface area contributed by atoms with Crippen LogP contribution < -0.4 is 16.0 Å². The number of fused-ring (bicyclic) bond motifs is 3. The molecule has 26 nitrogen and oxygen atoms in total. The minimum absolute atomic E-state index is 0.000547. The maximum atomic E-state index is 15.8. The van der Waals surface area contributed by atoms with Gasteiger partial charge in [0.2, 0.25) is 65.0 Å². The smallest absolute Gasteiger partial charge is 0.378 e. The topological polar surface area (TPSA) is 292 Å². The molecular formula is C77H120F10N12O14. The van der Waals surface area contributed by atoms with E-state index in [-0.39, 0.29) is 103 Å². The highest BCUT2D eigenvalue weighted by Crippen LogP contribution is 2.46. The number of nitrogens with zero attached hydrogens (tertiary/aromatic N) is 9. The summed E-state index contributed by atoms with van der Waals surface area (Å²) in [5, 5.41) is 21.0. The van der Waals surface area contributed by atoms with Crippen molar-refractivity contribution >= 4 is 65.0 Å². The Morgan fingerprint density at radius 2 is 1.25 bits per heavy atom. The number of ether oxygens (including phenoxy) is 2. The fraction of sp³-hybridized carbons (Fsp3) is 0.857. The molecule has 2 bridgehead atoms. The van der Waals surface area contributed by atoms with Crippen LogP contribution in [0, 0.1) is 41.4 Å². The lowest BCUT2D eigenvalue weighted by Gasteiger charge is -2.47. The molecule has 0 radical (unpaired) electrons. The Balaban J connectivity index is 1.22. The summed E-state index contributed by atoms with van der Waals surface area (Å²) in [6, 6.07) is -11.8. The number of carbonyl (C=O) groups excluding carboxylic acids is 11. The van der Waals surface area contributed by atoms with Gasteiger partial charge in [-0.3, -0.25) is 57.6 Å². The van der Waals surface area contributed by atoms with Crippen LogP contribution in [0.2, 0.25) is 0 Å². The number of nitrogens with one attached hydrogen (secondary N) is 3. The molecule has 4 saturated carbocycles. The lowest BCUT2D eigenvalue weighted by atomic mass is 9.74. The minimum atomic E-state index is -5.26. The number of aliphatic hydroxyl groups is 1. The zero-order valence-electron chi connectivity index (χ0n) is 66.9. The molecule has 113 heavy (non-hydrogen) atoms. The lowest BCUT2D eigenvalue weighted by molar-refractivity contribution is -0.219. The van der Waals surface area contributed by atoms with Crippen LogP contribution in [0.4, 0.5) is 43.9 Å². The summed E-state index contributed by atoms with van der Waals surface area (Å²) < 4.78 is 155. The molecule has 1 spiro atoms. The van der Waals surface area contributed by atoms with Crippen LogP contribution in [-0.2, 0) is 62.2 Å². The number of hydrogen-bond donors (Lipinski definition) is 4. The summed E-state index contributed by atoms with van der Waals surface area (Å²) >= 11 is 0. The van der Waals surface area contributed by atoms with Crippen molar-refractivity contribution in [2.75, 3.05) is 101 Å². The van der Waals surface area contributed by atoms with E-state index in [1.165, 1.54) is 61.9 Å². The maximum Gasteiger partial charge on any atom is 0.397 e. The van der Waals surface area contributed by atoms with Gasteiger partial charge in [-0.25, -0.2) is 17.6 Å². The number of halogens is 10. The van der Waals surface area contributed by atoms with E-state index in [0.29, 0.717) is 57.8 Å². The number of hydrogen-bond acceptors (Lipinski definition) is 15. The highest BCUT2D eigenvalue weighted by Gasteiger charge is 2.57. The Hall–Kier alpha value is -6.69. The third-order valence-electron chi connectivity index (χ3n) is 25.4. The molecule has 0 aromatic carbocycles. The van der Waals surface area contributed by atoms with Crippen molar-refractivity contribution in [1.29, 1.82) is 0 Å². The van der Waals surface area contributed by atoms with Crippen LogP contribution in [-0.4, -0.2) is 313 Å². The molecule has 4 N–H and O–H groups in total. The molecule has 8 rings (SSSR count). The fourth-order valence-corrected chi connectivity index (χ4v) is 18.2. The third-order valence-corrected chi connectivity index (χ3v) is 25.4. The van der Waals surface area contributed by atoms with Gasteiger partial charge in [-0.15, -0.1) is 0 Å². The molecule has 4 aliphatic heterocycles. The number of rotatable bonds is 14. The summed E-state index contributed by atoms with van der Waals surface area (Å²) in [4.78, 5) is 178. The Morgan fingerprint density at radius 1 is 0.628 bits per heavy atom. The summed E-state index contributed by atoms with van der Waals surface area (Å²) in [6.07, 6.45) is -22.0. The number of morpholine rings is 1. The van der Waals surface area contributed by atoms with Gasteiger partial charge in [0.1, 0.15) is 72.9 Å².